The first-order chi connectivity index (χ1) is 14.4. The van der Waals surface area contributed by atoms with Crippen molar-refractivity contribution in [1.82, 2.24) is 19.8 Å². The number of carbonyl (C=O) groups is 1. The smallest absolute Gasteiger partial charge is 0.349 e. The molecule has 1 N–H and O–H groups in total. The minimum Gasteiger partial charge on any atom is -0.427 e. The molecule has 1 saturated heterocycles. The van der Waals surface area contributed by atoms with E-state index in [2.05, 4.69) is 10.3 Å². The molecule has 2 aliphatic heterocycles. The Hall–Kier alpha value is -2.74. The van der Waals surface area contributed by atoms with Crippen LogP contribution in [0.5, 0.6) is 0 Å². The van der Waals surface area contributed by atoms with E-state index in [0.717, 1.165) is 31.6 Å². The van der Waals surface area contributed by atoms with E-state index in [4.69, 9.17) is 4.42 Å². The summed E-state index contributed by atoms with van der Waals surface area (Å²) in [5.41, 5.74) is 1.51. The molecule has 0 radical (unpaired) electrons. The zero-order chi connectivity index (χ0) is 21.4. The van der Waals surface area contributed by atoms with Crippen LogP contribution in [0.25, 0.3) is 0 Å². The second kappa shape index (κ2) is 8.18. The molecule has 0 bridgehead atoms. The zero-order valence-corrected chi connectivity index (χ0v) is 17.8. The van der Waals surface area contributed by atoms with Gasteiger partial charge in [-0.2, -0.15) is 0 Å². The molecule has 0 aliphatic carbocycles. The van der Waals surface area contributed by atoms with Gasteiger partial charge < -0.3 is 14.6 Å². The molecule has 4 heterocycles. The Balaban J connectivity index is 1.58. The van der Waals surface area contributed by atoms with Crippen molar-refractivity contribution in [1.29, 1.82) is 0 Å². The Bertz CT molecular complexity index is 1100. The number of nitrogens with one attached hydrogen (secondary N) is 1. The molecule has 160 valence electrons. The predicted molar refractivity (Wildman–Crippen MR) is 112 cm³/mol. The van der Waals surface area contributed by atoms with Crippen LogP contribution < -0.4 is 16.5 Å². The van der Waals surface area contributed by atoms with Crippen molar-refractivity contribution < 1.29 is 9.21 Å². The summed E-state index contributed by atoms with van der Waals surface area (Å²) in [6, 6.07) is 1.85. The van der Waals surface area contributed by atoms with E-state index in [0.29, 0.717) is 48.6 Å². The van der Waals surface area contributed by atoms with Crippen LogP contribution in [0.2, 0.25) is 0 Å². The van der Waals surface area contributed by atoms with Crippen LogP contribution in [-0.4, -0.2) is 46.5 Å². The summed E-state index contributed by atoms with van der Waals surface area (Å²) < 4.78 is 7.12. The first-order valence-corrected chi connectivity index (χ1v) is 10.6. The Labute approximate surface area is 174 Å². The average Bonchev–Trinajstić information content (AvgIpc) is 2.95. The van der Waals surface area contributed by atoms with Crippen molar-refractivity contribution in [2.75, 3.05) is 26.2 Å². The molecule has 30 heavy (non-hydrogen) atoms. The fourth-order valence-electron chi connectivity index (χ4n) is 4.43. The quantitative estimate of drug-likeness (QED) is 0.792. The standard InChI is InChI=1S/C22H28N4O4/c1-13-12-18(15-4-8-23-9-5-15)30-22(29)19(13)21(28)26-10-6-16-17(7-11-26)24-14(2)25(3)20(16)27/h12,15,23H,4-11H2,1-3H3. The molecule has 8 heteroatoms. The molecule has 4 rings (SSSR count). The molecule has 1 amide bonds. The van der Waals surface area contributed by atoms with Gasteiger partial charge in [0.05, 0.1) is 5.69 Å². The largest absolute Gasteiger partial charge is 0.427 e. The third kappa shape index (κ3) is 3.71. The SMILES string of the molecule is Cc1cc(C2CCNCC2)oc(=O)c1C(=O)N1CCc2nc(C)n(C)c(=O)c2CC1. The molecule has 0 unspecified atom stereocenters. The second-order valence-corrected chi connectivity index (χ2v) is 8.26. The van der Waals surface area contributed by atoms with Gasteiger partial charge in [0.2, 0.25) is 0 Å². The highest BCUT2D eigenvalue weighted by molar-refractivity contribution is 5.95. The normalized spacial score (nSPS) is 17.5. The maximum absolute atomic E-state index is 13.2. The van der Waals surface area contributed by atoms with Crippen LogP contribution >= 0.6 is 0 Å². The molecule has 8 nitrogen and oxygen atoms in total. The van der Waals surface area contributed by atoms with Crippen molar-refractivity contribution in [3.8, 4) is 0 Å². The maximum Gasteiger partial charge on any atom is 0.349 e. The van der Waals surface area contributed by atoms with E-state index in [9.17, 15) is 14.4 Å². The molecule has 0 saturated carbocycles. The Morgan fingerprint density at radius 1 is 1.17 bits per heavy atom. The Kier molecular flexibility index (Phi) is 5.60. The van der Waals surface area contributed by atoms with Crippen molar-refractivity contribution in [2.24, 2.45) is 7.05 Å². The van der Waals surface area contributed by atoms with Gasteiger partial charge in [-0.15, -0.1) is 0 Å². The van der Waals surface area contributed by atoms with Crippen molar-refractivity contribution in [2.45, 2.75) is 45.4 Å². The molecular weight excluding hydrogens is 384 g/mol. The molecule has 0 aromatic carbocycles. The third-order valence-electron chi connectivity index (χ3n) is 6.35. The van der Waals surface area contributed by atoms with E-state index in [1.54, 1.807) is 25.8 Å². The molecule has 2 aromatic rings. The highest BCUT2D eigenvalue weighted by atomic mass is 16.4. The number of hydrogen-bond acceptors (Lipinski definition) is 6. The number of amides is 1. The summed E-state index contributed by atoms with van der Waals surface area (Å²) in [5.74, 6) is 1.20. The van der Waals surface area contributed by atoms with Gasteiger partial charge in [-0.05, 0) is 57.8 Å². The van der Waals surface area contributed by atoms with Crippen LogP contribution in [0.1, 0.15) is 57.5 Å². The lowest BCUT2D eigenvalue weighted by Crippen LogP contribution is -2.37. The van der Waals surface area contributed by atoms with E-state index in [1.165, 1.54) is 4.57 Å². The van der Waals surface area contributed by atoms with Gasteiger partial charge in [0, 0.05) is 38.0 Å². The molecule has 2 aliphatic rings. The molecule has 0 spiro atoms. The van der Waals surface area contributed by atoms with Crippen LogP contribution in [0.15, 0.2) is 20.1 Å². The summed E-state index contributed by atoms with van der Waals surface area (Å²) in [6.45, 7) is 6.18. The lowest BCUT2D eigenvalue weighted by Gasteiger charge is -2.23. The van der Waals surface area contributed by atoms with Gasteiger partial charge in [-0.3, -0.25) is 14.2 Å². The minimum absolute atomic E-state index is 0.0613. The van der Waals surface area contributed by atoms with Crippen molar-refractivity contribution >= 4 is 5.91 Å². The number of piperidine rings is 1. The Morgan fingerprint density at radius 3 is 2.57 bits per heavy atom. The molecule has 0 atom stereocenters. The summed E-state index contributed by atoms with van der Waals surface area (Å²) in [5, 5.41) is 3.30. The second-order valence-electron chi connectivity index (χ2n) is 8.26. The highest BCUT2D eigenvalue weighted by Gasteiger charge is 2.28. The number of aromatic nitrogens is 2. The van der Waals surface area contributed by atoms with E-state index >= 15 is 0 Å². The van der Waals surface area contributed by atoms with E-state index in [1.807, 2.05) is 6.07 Å². The maximum atomic E-state index is 13.2. The first kappa shape index (κ1) is 20.5. The van der Waals surface area contributed by atoms with Gasteiger partial charge >= 0.3 is 5.63 Å². The summed E-state index contributed by atoms with van der Waals surface area (Å²) in [6.07, 6.45) is 2.76. The summed E-state index contributed by atoms with van der Waals surface area (Å²) in [7, 11) is 1.71. The van der Waals surface area contributed by atoms with Gasteiger partial charge in [0.25, 0.3) is 11.5 Å². The molecule has 2 aromatic heterocycles. The lowest BCUT2D eigenvalue weighted by atomic mass is 9.94. The first-order valence-electron chi connectivity index (χ1n) is 10.6. The van der Waals surface area contributed by atoms with Gasteiger partial charge in [-0.25, -0.2) is 9.78 Å². The van der Waals surface area contributed by atoms with E-state index < -0.39 is 5.63 Å². The zero-order valence-electron chi connectivity index (χ0n) is 17.8. The van der Waals surface area contributed by atoms with Crippen LogP contribution in [-0.2, 0) is 19.9 Å². The summed E-state index contributed by atoms with van der Waals surface area (Å²) in [4.78, 5) is 44.7. The highest BCUT2D eigenvalue weighted by Crippen LogP contribution is 2.26. The number of aryl methyl sites for hydroxylation is 2. The fourth-order valence-corrected chi connectivity index (χ4v) is 4.43. The number of hydrogen-bond donors (Lipinski definition) is 1. The topological polar surface area (TPSA) is 97.4 Å². The van der Waals surface area contributed by atoms with Gasteiger partial charge in [-0.1, -0.05) is 0 Å². The van der Waals surface area contributed by atoms with Gasteiger partial charge in [0.1, 0.15) is 17.1 Å². The van der Waals surface area contributed by atoms with Gasteiger partial charge in [0.15, 0.2) is 0 Å². The lowest BCUT2D eigenvalue weighted by molar-refractivity contribution is 0.0756. The van der Waals surface area contributed by atoms with Crippen molar-refractivity contribution in [3.63, 3.8) is 0 Å². The number of carbonyl (C=O) groups excluding carboxylic acids is 1. The molecule has 1 fully saturated rings. The number of fused-ring (bicyclic) bond motifs is 1. The van der Waals surface area contributed by atoms with E-state index in [-0.39, 0.29) is 22.9 Å². The monoisotopic (exact) mass is 412 g/mol. The van der Waals surface area contributed by atoms with Crippen molar-refractivity contribution in [3.05, 3.63) is 60.8 Å². The number of nitrogens with zero attached hydrogens (tertiary/aromatic N) is 3. The van der Waals surface area contributed by atoms with Crippen LogP contribution in [0.4, 0.5) is 0 Å². The van der Waals surface area contributed by atoms with Crippen LogP contribution in [0, 0.1) is 13.8 Å². The molecular formula is C22H28N4O4. The minimum atomic E-state index is -0.569. The predicted octanol–water partition coefficient (Wildman–Crippen LogP) is 1.06. The average molecular weight is 412 g/mol. The Morgan fingerprint density at radius 2 is 1.87 bits per heavy atom. The fraction of sp³-hybridized carbons (Fsp3) is 0.545. The summed E-state index contributed by atoms with van der Waals surface area (Å²) >= 11 is 0. The van der Waals surface area contributed by atoms with Crippen LogP contribution in [0.3, 0.4) is 0 Å². The third-order valence-corrected chi connectivity index (χ3v) is 6.35. The number of rotatable bonds is 2.